The van der Waals surface area contributed by atoms with E-state index in [-0.39, 0.29) is 0 Å². The van der Waals surface area contributed by atoms with Gasteiger partial charge in [-0.3, -0.25) is 0 Å². The molecule has 0 aromatic heterocycles. The maximum Gasteiger partial charge on any atom is 0.0393 e. The van der Waals surface area contributed by atoms with Crippen LogP contribution in [-0.4, -0.2) is 0 Å². The van der Waals surface area contributed by atoms with Gasteiger partial charge in [-0.05, 0) is 29.9 Å². The second-order valence-corrected chi connectivity index (χ2v) is 5.07. The molecule has 2 aromatic rings. The smallest absolute Gasteiger partial charge is 0.0393 e. The molecule has 96 valence electrons. The van der Waals surface area contributed by atoms with Gasteiger partial charge in [-0.1, -0.05) is 62.9 Å². The van der Waals surface area contributed by atoms with Gasteiger partial charge in [0.25, 0.3) is 0 Å². The van der Waals surface area contributed by atoms with Crippen LogP contribution in [0.2, 0.25) is 0 Å². The number of unbranched alkanes of at least 4 members (excludes halogenated alkanes) is 4. The summed E-state index contributed by atoms with van der Waals surface area (Å²) >= 11 is 0. The molecular formula is C17H23N. The fraction of sp³-hybridized carbons (Fsp3) is 0.412. The lowest BCUT2D eigenvalue weighted by atomic mass is 10.0. The van der Waals surface area contributed by atoms with Crippen molar-refractivity contribution in [2.24, 2.45) is 0 Å². The second-order valence-electron chi connectivity index (χ2n) is 5.07. The van der Waals surface area contributed by atoms with E-state index in [9.17, 15) is 0 Å². The van der Waals surface area contributed by atoms with E-state index < -0.39 is 0 Å². The topological polar surface area (TPSA) is 26.0 Å². The summed E-state index contributed by atoms with van der Waals surface area (Å²) in [5.41, 5.74) is 8.27. The number of anilines is 1. The third-order valence-electron chi connectivity index (χ3n) is 3.55. The van der Waals surface area contributed by atoms with Crippen molar-refractivity contribution in [2.45, 2.75) is 45.4 Å². The number of nitrogens with two attached hydrogens (primary N) is 1. The van der Waals surface area contributed by atoms with Crippen molar-refractivity contribution in [3.8, 4) is 0 Å². The number of rotatable bonds is 6. The molecule has 2 N–H and O–H groups in total. The van der Waals surface area contributed by atoms with Gasteiger partial charge < -0.3 is 5.73 Å². The minimum atomic E-state index is 0.877. The fourth-order valence-corrected chi connectivity index (χ4v) is 2.45. The fourth-order valence-electron chi connectivity index (χ4n) is 2.45. The molecule has 0 aliphatic rings. The third kappa shape index (κ3) is 3.25. The molecule has 0 saturated heterocycles. The molecule has 2 aromatic carbocycles. The van der Waals surface area contributed by atoms with Gasteiger partial charge in [0, 0.05) is 11.1 Å². The first-order valence-corrected chi connectivity index (χ1v) is 7.08. The Hall–Kier alpha value is -1.50. The summed E-state index contributed by atoms with van der Waals surface area (Å²) < 4.78 is 0. The number of hydrogen-bond donors (Lipinski definition) is 1. The van der Waals surface area contributed by atoms with Crippen LogP contribution in [0.25, 0.3) is 10.8 Å². The first-order valence-electron chi connectivity index (χ1n) is 7.08. The van der Waals surface area contributed by atoms with E-state index in [1.54, 1.807) is 0 Å². The van der Waals surface area contributed by atoms with Crippen LogP contribution in [-0.2, 0) is 6.42 Å². The number of nitrogen functional groups attached to an aromatic ring is 1. The Labute approximate surface area is 110 Å². The minimum Gasteiger partial charge on any atom is -0.398 e. The van der Waals surface area contributed by atoms with Crippen molar-refractivity contribution in [1.82, 2.24) is 0 Å². The molecule has 1 nitrogen and oxygen atoms in total. The molecule has 0 radical (unpaired) electrons. The van der Waals surface area contributed by atoms with Gasteiger partial charge in [0.05, 0.1) is 0 Å². The molecule has 0 aliphatic heterocycles. The number of benzene rings is 2. The lowest BCUT2D eigenvalue weighted by Gasteiger charge is -2.06. The average molecular weight is 241 g/mol. The molecule has 0 atom stereocenters. The van der Waals surface area contributed by atoms with E-state index >= 15 is 0 Å². The molecule has 0 bridgehead atoms. The average Bonchev–Trinajstić information content (AvgIpc) is 2.39. The van der Waals surface area contributed by atoms with Crippen LogP contribution in [0, 0.1) is 0 Å². The maximum absolute atomic E-state index is 5.96. The van der Waals surface area contributed by atoms with Gasteiger partial charge in [0.1, 0.15) is 0 Å². The van der Waals surface area contributed by atoms with Crippen LogP contribution in [0.4, 0.5) is 5.69 Å². The summed E-state index contributed by atoms with van der Waals surface area (Å²) in [5, 5.41) is 2.44. The summed E-state index contributed by atoms with van der Waals surface area (Å²) in [4.78, 5) is 0. The Balaban J connectivity index is 1.98. The van der Waals surface area contributed by atoms with Crippen LogP contribution < -0.4 is 5.73 Å². The summed E-state index contributed by atoms with van der Waals surface area (Å²) in [6.07, 6.45) is 7.89. The SMILES string of the molecule is CCCCCCCc1ccc2c(N)cccc2c1. The van der Waals surface area contributed by atoms with Crippen molar-refractivity contribution in [3.05, 3.63) is 42.0 Å². The van der Waals surface area contributed by atoms with Crippen LogP contribution >= 0.6 is 0 Å². The van der Waals surface area contributed by atoms with Crippen molar-refractivity contribution < 1.29 is 0 Å². The highest BCUT2D eigenvalue weighted by molar-refractivity contribution is 5.93. The first-order chi connectivity index (χ1) is 8.81. The molecule has 0 aliphatic carbocycles. The predicted octanol–water partition coefficient (Wildman–Crippen LogP) is 4.93. The van der Waals surface area contributed by atoms with E-state index in [0.29, 0.717) is 0 Å². The molecule has 18 heavy (non-hydrogen) atoms. The Morgan fingerprint density at radius 2 is 1.78 bits per heavy atom. The van der Waals surface area contributed by atoms with Gasteiger partial charge in [-0.2, -0.15) is 0 Å². The minimum absolute atomic E-state index is 0.877. The zero-order valence-corrected chi connectivity index (χ0v) is 11.3. The largest absolute Gasteiger partial charge is 0.398 e. The highest BCUT2D eigenvalue weighted by Crippen LogP contribution is 2.22. The normalized spacial score (nSPS) is 10.9. The zero-order valence-electron chi connectivity index (χ0n) is 11.3. The van der Waals surface area contributed by atoms with Gasteiger partial charge in [0.2, 0.25) is 0 Å². The molecule has 1 heteroatoms. The molecular weight excluding hydrogens is 218 g/mol. The lowest BCUT2D eigenvalue weighted by molar-refractivity contribution is 0.632. The van der Waals surface area contributed by atoms with Crippen LogP contribution in [0.3, 0.4) is 0 Å². The summed E-state index contributed by atoms with van der Waals surface area (Å²) in [6, 6.07) is 12.8. The van der Waals surface area contributed by atoms with Crippen LogP contribution in [0.15, 0.2) is 36.4 Å². The van der Waals surface area contributed by atoms with Gasteiger partial charge in [0.15, 0.2) is 0 Å². The number of aryl methyl sites for hydroxylation is 1. The lowest BCUT2D eigenvalue weighted by Crippen LogP contribution is -1.89. The maximum atomic E-state index is 5.96. The number of hydrogen-bond acceptors (Lipinski definition) is 1. The van der Waals surface area contributed by atoms with E-state index in [4.69, 9.17) is 5.73 Å². The van der Waals surface area contributed by atoms with E-state index in [2.05, 4.69) is 31.2 Å². The third-order valence-corrected chi connectivity index (χ3v) is 3.55. The molecule has 0 heterocycles. The Kier molecular flexibility index (Phi) is 4.63. The van der Waals surface area contributed by atoms with Crippen molar-refractivity contribution in [2.75, 3.05) is 5.73 Å². The monoisotopic (exact) mass is 241 g/mol. The summed E-state index contributed by atoms with van der Waals surface area (Å²) in [7, 11) is 0. The van der Waals surface area contributed by atoms with E-state index in [1.807, 2.05) is 12.1 Å². The molecule has 0 unspecified atom stereocenters. The Morgan fingerprint density at radius 1 is 0.944 bits per heavy atom. The van der Waals surface area contributed by atoms with Gasteiger partial charge in [-0.25, -0.2) is 0 Å². The Morgan fingerprint density at radius 3 is 2.61 bits per heavy atom. The highest BCUT2D eigenvalue weighted by atomic mass is 14.5. The van der Waals surface area contributed by atoms with E-state index in [0.717, 1.165) is 5.69 Å². The standard InChI is InChI=1S/C17H23N/c1-2-3-4-5-6-8-14-11-12-16-15(13-14)9-7-10-17(16)18/h7,9-13H,2-6,8,18H2,1H3. The second kappa shape index (κ2) is 6.44. The summed E-state index contributed by atoms with van der Waals surface area (Å²) in [6.45, 7) is 2.26. The molecule has 0 fully saturated rings. The van der Waals surface area contributed by atoms with Crippen LogP contribution in [0.5, 0.6) is 0 Å². The zero-order chi connectivity index (χ0) is 12.8. The van der Waals surface area contributed by atoms with Gasteiger partial charge >= 0.3 is 0 Å². The predicted molar refractivity (Wildman–Crippen MR) is 80.8 cm³/mol. The Bertz CT molecular complexity index is 502. The highest BCUT2D eigenvalue weighted by Gasteiger charge is 1.99. The molecule has 0 spiro atoms. The van der Waals surface area contributed by atoms with Gasteiger partial charge in [-0.15, -0.1) is 0 Å². The van der Waals surface area contributed by atoms with E-state index in [1.165, 1.54) is 54.9 Å². The van der Waals surface area contributed by atoms with Crippen molar-refractivity contribution in [3.63, 3.8) is 0 Å². The van der Waals surface area contributed by atoms with Crippen LogP contribution in [0.1, 0.15) is 44.6 Å². The quantitative estimate of drug-likeness (QED) is 0.563. The first kappa shape index (κ1) is 12.9. The summed E-state index contributed by atoms with van der Waals surface area (Å²) in [5.74, 6) is 0. The number of fused-ring (bicyclic) bond motifs is 1. The molecule has 0 amide bonds. The molecule has 0 saturated carbocycles. The van der Waals surface area contributed by atoms with Crippen molar-refractivity contribution >= 4 is 16.5 Å². The van der Waals surface area contributed by atoms with Crippen molar-refractivity contribution in [1.29, 1.82) is 0 Å². The molecule has 2 rings (SSSR count).